The molecule has 0 spiro atoms. The maximum absolute atomic E-state index is 13.4. The lowest BCUT2D eigenvalue weighted by atomic mass is 10.1. The van der Waals surface area contributed by atoms with Crippen LogP contribution in [0.2, 0.25) is 0 Å². The monoisotopic (exact) mass is 436 g/mol. The van der Waals surface area contributed by atoms with Crippen molar-refractivity contribution < 1.29 is 8.42 Å². The molecule has 31 heavy (non-hydrogen) atoms. The van der Waals surface area contributed by atoms with Crippen molar-refractivity contribution in [1.82, 2.24) is 14.9 Å². The number of sulfone groups is 1. The summed E-state index contributed by atoms with van der Waals surface area (Å²) in [5, 5.41) is -0.532. The Bertz CT molecular complexity index is 1040. The molecule has 3 aromatic rings. The van der Waals surface area contributed by atoms with Crippen LogP contribution in [0.4, 0.5) is 5.95 Å². The Morgan fingerprint density at radius 2 is 1.42 bits per heavy atom. The van der Waals surface area contributed by atoms with Gasteiger partial charge >= 0.3 is 0 Å². The summed E-state index contributed by atoms with van der Waals surface area (Å²) in [5.41, 5.74) is 0.859. The second-order valence-electron chi connectivity index (χ2n) is 7.78. The number of hydrogen-bond acceptors (Lipinski definition) is 6. The van der Waals surface area contributed by atoms with Gasteiger partial charge in [-0.1, -0.05) is 48.5 Å². The van der Waals surface area contributed by atoms with Crippen LogP contribution in [0.5, 0.6) is 0 Å². The molecule has 0 saturated carbocycles. The normalized spacial score (nSPS) is 16.2. The van der Waals surface area contributed by atoms with Gasteiger partial charge in [-0.05, 0) is 43.1 Å². The molecule has 4 rings (SSSR count). The van der Waals surface area contributed by atoms with Gasteiger partial charge in [-0.25, -0.2) is 18.4 Å². The minimum atomic E-state index is -3.45. The highest BCUT2D eigenvalue weighted by Crippen LogP contribution is 2.32. The minimum absolute atomic E-state index is 0.389. The van der Waals surface area contributed by atoms with Crippen molar-refractivity contribution in [3.63, 3.8) is 0 Å². The lowest BCUT2D eigenvalue weighted by Gasteiger charge is -2.34. The minimum Gasteiger partial charge on any atom is -0.338 e. The molecular formula is C24H28N4O2S. The molecule has 2 heterocycles. The molecule has 162 valence electrons. The van der Waals surface area contributed by atoms with Crippen LogP contribution in [0.25, 0.3) is 0 Å². The molecule has 1 aliphatic rings. The van der Waals surface area contributed by atoms with Crippen LogP contribution in [-0.4, -0.2) is 56.0 Å². The number of aromatic nitrogens is 2. The van der Waals surface area contributed by atoms with Crippen LogP contribution in [0, 0.1) is 0 Å². The Labute approximate surface area is 184 Å². The van der Waals surface area contributed by atoms with Gasteiger partial charge < -0.3 is 4.90 Å². The van der Waals surface area contributed by atoms with Crippen LogP contribution in [0.3, 0.4) is 0 Å². The van der Waals surface area contributed by atoms with E-state index in [4.69, 9.17) is 0 Å². The van der Waals surface area contributed by atoms with E-state index in [1.54, 1.807) is 36.7 Å². The summed E-state index contributed by atoms with van der Waals surface area (Å²) in [7, 11) is -3.45. The Balaban J connectivity index is 1.38. The predicted octanol–water partition coefficient (Wildman–Crippen LogP) is 3.59. The van der Waals surface area contributed by atoms with Crippen LogP contribution in [-0.2, 0) is 9.84 Å². The second kappa shape index (κ2) is 10.0. The fourth-order valence-corrected chi connectivity index (χ4v) is 5.93. The molecule has 1 unspecified atom stereocenters. The molecule has 0 N–H and O–H groups in total. The zero-order valence-corrected chi connectivity index (χ0v) is 18.4. The van der Waals surface area contributed by atoms with Crippen molar-refractivity contribution in [2.24, 2.45) is 0 Å². The van der Waals surface area contributed by atoms with E-state index in [0.29, 0.717) is 11.3 Å². The Morgan fingerprint density at radius 3 is 2.06 bits per heavy atom. The molecule has 0 bridgehead atoms. The molecule has 0 radical (unpaired) electrons. The molecule has 0 amide bonds. The van der Waals surface area contributed by atoms with E-state index < -0.39 is 15.1 Å². The summed E-state index contributed by atoms with van der Waals surface area (Å²) < 4.78 is 26.8. The topological polar surface area (TPSA) is 66.4 Å². The highest BCUT2D eigenvalue weighted by atomic mass is 32.2. The third-order valence-corrected chi connectivity index (χ3v) is 7.95. The fraction of sp³-hybridized carbons (Fsp3) is 0.333. The standard InChI is InChI=1S/C24H28N4O2S/c29-31(30,22-11-5-2-6-12-22)23(21-9-3-1-4-10-21)13-7-16-27-17-19-28(20-18-27)24-25-14-8-15-26-24/h1-6,8-12,14-15,23H,7,13,16-20H2. The van der Waals surface area contributed by atoms with E-state index in [1.807, 2.05) is 42.5 Å². The Kier molecular flexibility index (Phi) is 6.94. The molecule has 2 aromatic carbocycles. The van der Waals surface area contributed by atoms with Crippen molar-refractivity contribution in [3.05, 3.63) is 84.7 Å². The Hall–Kier alpha value is -2.77. The highest BCUT2D eigenvalue weighted by Gasteiger charge is 2.29. The predicted molar refractivity (Wildman–Crippen MR) is 123 cm³/mol. The third-order valence-electron chi connectivity index (χ3n) is 5.77. The molecule has 1 atom stereocenters. The smallest absolute Gasteiger partial charge is 0.225 e. The van der Waals surface area contributed by atoms with Crippen molar-refractivity contribution in [2.45, 2.75) is 23.0 Å². The first-order chi connectivity index (χ1) is 15.1. The highest BCUT2D eigenvalue weighted by molar-refractivity contribution is 7.91. The summed E-state index contributed by atoms with van der Waals surface area (Å²) in [5.74, 6) is 0.778. The Morgan fingerprint density at radius 1 is 0.806 bits per heavy atom. The van der Waals surface area contributed by atoms with Crippen LogP contribution in [0.15, 0.2) is 84.0 Å². The van der Waals surface area contributed by atoms with Gasteiger partial charge in [0.2, 0.25) is 5.95 Å². The lowest BCUT2D eigenvalue weighted by Crippen LogP contribution is -2.47. The summed E-state index contributed by atoms with van der Waals surface area (Å²) in [4.78, 5) is 13.6. The largest absolute Gasteiger partial charge is 0.338 e. The molecule has 1 aliphatic heterocycles. The van der Waals surface area contributed by atoms with Gasteiger partial charge in [-0.3, -0.25) is 4.90 Å². The average molecular weight is 437 g/mol. The summed E-state index contributed by atoms with van der Waals surface area (Å²) in [6.07, 6.45) is 4.97. The number of anilines is 1. The van der Waals surface area contributed by atoms with Crippen molar-refractivity contribution in [3.8, 4) is 0 Å². The van der Waals surface area contributed by atoms with Gasteiger partial charge in [0.25, 0.3) is 0 Å². The summed E-state index contributed by atoms with van der Waals surface area (Å²) in [6, 6.07) is 20.2. The van der Waals surface area contributed by atoms with Gasteiger partial charge in [0.15, 0.2) is 9.84 Å². The molecule has 0 aliphatic carbocycles. The number of piperazine rings is 1. The first-order valence-corrected chi connectivity index (χ1v) is 12.3. The van der Waals surface area contributed by atoms with E-state index >= 15 is 0 Å². The summed E-state index contributed by atoms with van der Waals surface area (Å²) in [6.45, 7) is 4.51. The van der Waals surface area contributed by atoms with Gasteiger partial charge in [0.1, 0.15) is 0 Å². The van der Waals surface area contributed by atoms with E-state index in [1.165, 1.54) is 0 Å². The number of benzene rings is 2. The zero-order valence-electron chi connectivity index (χ0n) is 17.5. The third kappa shape index (κ3) is 5.29. The van der Waals surface area contributed by atoms with E-state index in [9.17, 15) is 8.42 Å². The zero-order chi connectivity index (χ0) is 21.5. The SMILES string of the molecule is O=S(=O)(c1ccccc1)C(CCCN1CCN(c2ncccn2)CC1)c1ccccc1. The lowest BCUT2D eigenvalue weighted by molar-refractivity contribution is 0.251. The van der Waals surface area contributed by atoms with Gasteiger partial charge in [0, 0.05) is 38.6 Å². The fourth-order valence-electron chi connectivity index (χ4n) is 4.07. The molecular weight excluding hydrogens is 408 g/mol. The molecule has 1 fully saturated rings. The van der Waals surface area contributed by atoms with Crippen molar-refractivity contribution in [2.75, 3.05) is 37.6 Å². The van der Waals surface area contributed by atoms with Gasteiger partial charge in [0.05, 0.1) is 10.1 Å². The molecule has 1 saturated heterocycles. The first kappa shape index (κ1) is 21.5. The molecule has 7 heteroatoms. The van der Waals surface area contributed by atoms with Gasteiger partial charge in [-0.15, -0.1) is 0 Å². The number of hydrogen-bond donors (Lipinski definition) is 0. The average Bonchev–Trinajstić information content (AvgIpc) is 2.84. The van der Waals surface area contributed by atoms with Crippen LogP contribution < -0.4 is 4.90 Å². The maximum Gasteiger partial charge on any atom is 0.225 e. The number of rotatable bonds is 8. The molecule has 1 aromatic heterocycles. The van der Waals surface area contributed by atoms with Crippen molar-refractivity contribution >= 4 is 15.8 Å². The first-order valence-electron chi connectivity index (χ1n) is 10.7. The van der Waals surface area contributed by atoms with E-state index in [2.05, 4.69) is 19.8 Å². The van der Waals surface area contributed by atoms with E-state index in [-0.39, 0.29) is 0 Å². The number of nitrogens with zero attached hydrogens (tertiary/aromatic N) is 4. The maximum atomic E-state index is 13.4. The van der Waals surface area contributed by atoms with Gasteiger partial charge in [-0.2, -0.15) is 0 Å². The van der Waals surface area contributed by atoms with E-state index in [0.717, 1.165) is 50.7 Å². The van der Waals surface area contributed by atoms with Crippen LogP contribution >= 0.6 is 0 Å². The second-order valence-corrected chi connectivity index (χ2v) is 9.91. The quantitative estimate of drug-likeness (QED) is 0.538. The molecule has 6 nitrogen and oxygen atoms in total. The summed E-state index contributed by atoms with van der Waals surface area (Å²) >= 11 is 0. The van der Waals surface area contributed by atoms with Crippen molar-refractivity contribution in [1.29, 1.82) is 0 Å². The van der Waals surface area contributed by atoms with Crippen LogP contribution in [0.1, 0.15) is 23.7 Å².